The second-order valence-corrected chi connectivity index (χ2v) is 5.46. The zero-order valence-corrected chi connectivity index (χ0v) is 12.2. The minimum Gasteiger partial charge on any atom is -0.372 e. The first-order valence-electron chi connectivity index (χ1n) is 7.57. The highest BCUT2D eigenvalue weighted by Gasteiger charge is 2.12. The Kier molecular flexibility index (Phi) is 4.24. The van der Waals surface area contributed by atoms with Crippen molar-refractivity contribution in [3.8, 4) is 0 Å². The number of nitrogens with one attached hydrogen (secondary N) is 1. The van der Waals surface area contributed by atoms with Crippen molar-refractivity contribution in [2.45, 2.75) is 25.8 Å². The molecule has 110 valence electrons. The molecule has 0 saturated carbocycles. The van der Waals surface area contributed by atoms with E-state index in [9.17, 15) is 4.79 Å². The lowest BCUT2D eigenvalue weighted by Gasteiger charge is -2.17. The van der Waals surface area contributed by atoms with Crippen molar-refractivity contribution in [2.75, 3.05) is 23.3 Å². The molecule has 1 amide bonds. The highest BCUT2D eigenvalue weighted by molar-refractivity contribution is 5.90. The Morgan fingerprint density at radius 1 is 1.05 bits per heavy atom. The minimum absolute atomic E-state index is 0.0534. The van der Waals surface area contributed by atoms with Crippen LogP contribution in [0.4, 0.5) is 11.4 Å². The molecule has 2 aromatic rings. The summed E-state index contributed by atoms with van der Waals surface area (Å²) in [7, 11) is 0. The summed E-state index contributed by atoms with van der Waals surface area (Å²) in [5, 5.41) is 2.95. The number of anilines is 2. The van der Waals surface area contributed by atoms with E-state index in [1.165, 1.54) is 18.5 Å². The van der Waals surface area contributed by atoms with Gasteiger partial charge in [-0.05, 0) is 49.2 Å². The van der Waals surface area contributed by atoms with Gasteiger partial charge in [0.25, 0.3) is 0 Å². The molecule has 21 heavy (non-hydrogen) atoms. The first kappa shape index (κ1) is 13.7. The number of nitrogens with zero attached hydrogens (tertiary/aromatic N) is 2. The van der Waals surface area contributed by atoms with Gasteiger partial charge in [-0.3, -0.25) is 4.79 Å². The van der Waals surface area contributed by atoms with E-state index >= 15 is 0 Å². The fourth-order valence-corrected chi connectivity index (χ4v) is 2.70. The number of aryl methyl sites for hydroxylation is 1. The molecule has 4 nitrogen and oxygen atoms in total. The van der Waals surface area contributed by atoms with Crippen LogP contribution in [0.25, 0.3) is 0 Å². The number of hydrogen-bond acceptors (Lipinski definition) is 2. The van der Waals surface area contributed by atoms with Crippen molar-refractivity contribution >= 4 is 17.3 Å². The molecule has 4 heteroatoms. The molecule has 0 unspecified atom stereocenters. The molecule has 1 N–H and O–H groups in total. The Hall–Kier alpha value is -2.23. The van der Waals surface area contributed by atoms with Gasteiger partial charge in [0, 0.05) is 49.8 Å². The third-order valence-electron chi connectivity index (χ3n) is 3.89. The molecule has 0 atom stereocenters. The second kappa shape index (κ2) is 6.48. The molecule has 1 aromatic heterocycles. The van der Waals surface area contributed by atoms with E-state index in [0.29, 0.717) is 13.0 Å². The number of carbonyl (C=O) groups is 1. The monoisotopic (exact) mass is 283 g/mol. The molecule has 0 spiro atoms. The molecule has 1 aliphatic rings. The maximum Gasteiger partial charge on any atom is 0.226 e. The summed E-state index contributed by atoms with van der Waals surface area (Å²) >= 11 is 0. The van der Waals surface area contributed by atoms with Crippen LogP contribution < -0.4 is 10.2 Å². The molecule has 0 radical (unpaired) electrons. The fourth-order valence-electron chi connectivity index (χ4n) is 2.70. The van der Waals surface area contributed by atoms with Crippen LogP contribution in [0, 0.1) is 0 Å². The highest BCUT2D eigenvalue weighted by Crippen LogP contribution is 2.22. The minimum atomic E-state index is 0.0534. The number of rotatable bonds is 5. The number of amides is 1. The molecule has 0 bridgehead atoms. The lowest BCUT2D eigenvalue weighted by Crippen LogP contribution is -2.17. The molecule has 1 fully saturated rings. The van der Waals surface area contributed by atoms with Gasteiger partial charge < -0.3 is 14.8 Å². The van der Waals surface area contributed by atoms with Gasteiger partial charge in [0.2, 0.25) is 5.91 Å². The molecule has 1 saturated heterocycles. The van der Waals surface area contributed by atoms with Gasteiger partial charge in [0.1, 0.15) is 0 Å². The quantitative estimate of drug-likeness (QED) is 0.915. The summed E-state index contributed by atoms with van der Waals surface area (Å²) in [6.07, 6.45) is 6.98. The largest absolute Gasteiger partial charge is 0.372 e. The molecular formula is C17H21N3O. The number of hydrogen-bond donors (Lipinski definition) is 1. The fraction of sp³-hybridized carbons (Fsp3) is 0.353. The van der Waals surface area contributed by atoms with Crippen molar-refractivity contribution < 1.29 is 4.79 Å². The van der Waals surface area contributed by atoms with Crippen molar-refractivity contribution in [3.05, 3.63) is 48.8 Å². The van der Waals surface area contributed by atoms with Crippen molar-refractivity contribution in [1.82, 2.24) is 4.57 Å². The summed E-state index contributed by atoms with van der Waals surface area (Å²) in [5.74, 6) is 0.0534. The molecule has 3 rings (SSSR count). The Morgan fingerprint density at radius 3 is 2.38 bits per heavy atom. The third-order valence-corrected chi connectivity index (χ3v) is 3.89. The Bertz CT molecular complexity index is 569. The summed E-state index contributed by atoms with van der Waals surface area (Å²) in [6, 6.07) is 12.1. The topological polar surface area (TPSA) is 37.3 Å². The molecule has 1 aromatic carbocycles. The summed E-state index contributed by atoms with van der Waals surface area (Å²) in [5.41, 5.74) is 2.12. The normalized spacial score (nSPS) is 14.4. The highest BCUT2D eigenvalue weighted by atomic mass is 16.1. The number of benzene rings is 1. The van der Waals surface area contributed by atoms with E-state index in [0.717, 1.165) is 18.8 Å². The number of carbonyl (C=O) groups excluding carboxylic acids is 1. The van der Waals surface area contributed by atoms with Gasteiger partial charge in [-0.1, -0.05) is 0 Å². The first-order valence-corrected chi connectivity index (χ1v) is 7.57. The summed E-state index contributed by atoms with van der Waals surface area (Å²) in [4.78, 5) is 14.3. The lowest BCUT2D eigenvalue weighted by atomic mass is 10.2. The molecule has 2 heterocycles. The summed E-state index contributed by atoms with van der Waals surface area (Å²) < 4.78 is 2.01. The Labute approximate surface area is 125 Å². The van der Waals surface area contributed by atoms with Crippen molar-refractivity contribution in [2.24, 2.45) is 0 Å². The predicted octanol–water partition coefficient (Wildman–Crippen LogP) is 3.12. The Balaban J connectivity index is 1.51. The van der Waals surface area contributed by atoms with Gasteiger partial charge in [-0.25, -0.2) is 0 Å². The lowest BCUT2D eigenvalue weighted by molar-refractivity contribution is -0.116. The smallest absolute Gasteiger partial charge is 0.226 e. The van der Waals surface area contributed by atoms with Gasteiger partial charge in [0.15, 0.2) is 0 Å². The van der Waals surface area contributed by atoms with Gasteiger partial charge in [-0.2, -0.15) is 0 Å². The van der Waals surface area contributed by atoms with E-state index in [4.69, 9.17) is 0 Å². The van der Waals surface area contributed by atoms with Crippen LogP contribution >= 0.6 is 0 Å². The average molecular weight is 283 g/mol. The summed E-state index contributed by atoms with van der Waals surface area (Å²) in [6.45, 7) is 3.00. The van der Waals surface area contributed by atoms with Crippen LogP contribution in [0.15, 0.2) is 48.8 Å². The van der Waals surface area contributed by atoms with Crippen LogP contribution in [0.1, 0.15) is 19.3 Å². The number of aromatic nitrogens is 1. The van der Waals surface area contributed by atoms with Crippen molar-refractivity contribution in [3.63, 3.8) is 0 Å². The van der Waals surface area contributed by atoms with Crippen molar-refractivity contribution in [1.29, 1.82) is 0 Å². The van der Waals surface area contributed by atoms with E-state index in [2.05, 4.69) is 22.3 Å². The van der Waals surface area contributed by atoms with E-state index in [1.807, 2.05) is 41.2 Å². The molecule has 0 aliphatic carbocycles. The van der Waals surface area contributed by atoms with E-state index in [1.54, 1.807) is 0 Å². The maximum atomic E-state index is 11.9. The predicted molar refractivity (Wildman–Crippen MR) is 85.6 cm³/mol. The standard InChI is InChI=1S/C17H21N3O/c21-17(9-14-19-10-1-2-11-19)18-15-5-7-16(8-6-15)20-12-3-4-13-20/h1-2,5-8,10-11H,3-4,9,12-14H2,(H,18,21). The van der Waals surface area contributed by atoms with Crippen LogP contribution in [-0.2, 0) is 11.3 Å². The van der Waals surface area contributed by atoms with Crippen LogP contribution in [0.3, 0.4) is 0 Å². The van der Waals surface area contributed by atoms with E-state index < -0.39 is 0 Å². The second-order valence-electron chi connectivity index (χ2n) is 5.46. The van der Waals surface area contributed by atoms with Crippen LogP contribution in [-0.4, -0.2) is 23.6 Å². The SMILES string of the molecule is O=C(CCn1cccc1)Nc1ccc(N2CCCC2)cc1. The molecule has 1 aliphatic heterocycles. The Morgan fingerprint density at radius 2 is 1.71 bits per heavy atom. The van der Waals surface area contributed by atoms with Crippen LogP contribution in [0.5, 0.6) is 0 Å². The van der Waals surface area contributed by atoms with Gasteiger partial charge in [0.05, 0.1) is 0 Å². The average Bonchev–Trinajstić information content (AvgIpc) is 3.19. The first-order chi connectivity index (χ1) is 10.3. The van der Waals surface area contributed by atoms with Gasteiger partial charge >= 0.3 is 0 Å². The third kappa shape index (κ3) is 3.66. The van der Waals surface area contributed by atoms with Crippen LogP contribution in [0.2, 0.25) is 0 Å². The zero-order valence-electron chi connectivity index (χ0n) is 12.2. The van der Waals surface area contributed by atoms with E-state index in [-0.39, 0.29) is 5.91 Å². The zero-order chi connectivity index (χ0) is 14.5. The maximum absolute atomic E-state index is 11.9. The molecular weight excluding hydrogens is 262 g/mol. The van der Waals surface area contributed by atoms with Gasteiger partial charge in [-0.15, -0.1) is 0 Å².